The number of carbonyl (C=O) groups excluding carboxylic acids is 2. The highest BCUT2D eigenvalue weighted by atomic mass is 19.1. The molecular formula is C18H18FNO3. The summed E-state index contributed by atoms with van der Waals surface area (Å²) in [7, 11) is 1.28. The Morgan fingerprint density at radius 1 is 1.04 bits per heavy atom. The van der Waals surface area contributed by atoms with E-state index in [0.717, 1.165) is 5.56 Å². The van der Waals surface area contributed by atoms with E-state index in [-0.39, 0.29) is 18.1 Å². The maximum absolute atomic E-state index is 12.9. The van der Waals surface area contributed by atoms with Gasteiger partial charge < -0.3 is 10.1 Å². The highest BCUT2D eigenvalue weighted by Gasteiger charge is 2.21. The number of hydrogen-bond donors (Lipinski definition) is 1. The van der Waals surface area contributed by atoms with Crippen molar-refractivity contribution in [1.29, 1.82) is 0 Å². The third kappa shape index (κ3) is 5.21. The molecule has 0 aliphatic carbocycles. The molecule has 0 fully saturated rings. The van der Waals surface area contributed by atoms with E-state index in [0.29, 0.717) is 12.0 Å². The second-order valence-corrected chi connectivity index (χ2v) is 5.14. The Kier molecular flexibility index (Phi) is 5.86. The van der Waals surface area contributed by atoms with Gasteiger partial charge in [0, 0.05) is 6.42 Å². The molecule has 2 aromatic rings. The van der Waals surface area contributed by atoms with Crippen LogP contribution in [0.4, 0.5) is 4.39 Å². The number of amides is 1. The molecule has 0 radical (unpaired) electrons. The normalized spacial score (nSPS) is 11.6. The van der Waals surface area contributed by atoms with Crippen LogP contribution in [-0.4, -0.2) is 25.0 Å². The van der Waals surface area contributed by atoms with Crippen molar-refractivity contribution in [3.8, 4) is 0 Å². The van der Waals surface area contributed by atoms with Crippen molar-refractivity contribution in [3.63, 3.8) is 0 Å². The van der Waals surface area contributed by atoms with Crippen LogP contribution < -0.4 is 5.32 Å². The van der Waals surface area contributed by atoms with Gasteiger partial charge in [0.05, 0.1) is 13.5 Å². The zero-order chi connectivity index (χ0) is 16.7. The quantitative estimate of drug-likeness (QED) is 0.832. The average Bonchev–Trinajstić information content (AvgIpc) is 2.56. The number of halogens is 1. The molecule has 0 saturated carbocycles. The molecule has 0 aliphatic rings. The Hall–Kier alpha value is -2.69. The lowest BCUT2D eigenvalue weighted by atomic mass is 10.1. The number of methoxy groups -OCH3 is 1. The van der Waals surface area contributed by atoms with E-state index in [1.54, 1.807) is 12.1 Å². The second kappa shape index (κ2) is 8.08. The van der Waals surface area contributed by atoms with Gasteiger partial charge in [-0.15, -0.1) is 0 Å². The van der Waals surface area contributed by atoms with Gasteiger partial charge in [-0.05, 0) is 23.3 Å². The van der Waals surface area contributed by atoms with Gasteiger partial charge in [0.1, 0.15) is 11.9 Å². The molecule has 0 unspecified atom stereocenters. The fourth-order valence-electron chi connectivity index (χ4n) is 2.22. The number of esters is 1. The lowest BCUT2D eigenvalue weighted by Crippen LogP contribution is -2.43. The van der Waals surface area contributed by atoms with Gasteiger partial charge in [-0.2, -0.15) is 0 Å². The fraction of sp³-hybridized carbons (Fsp3) is 0.222. The molecule has 5 heteroatoms. The molecule has 0 aromatic heterocycles. The van der Waals surface area contributed by atoms with Crippen LogP contribution in [0.25, 0.3) is 0 Å². The molecule has 0 aliphatic heterocycles. The molecule has 0 bridgehead atoms. The van der Waals surface area contributed by atoms with E-state index in [4.69, 9.17) is 4.74 Å². The first kappa shape index (κ1) is 16.7. The summed E-state index contributed by atoms with van der Waals surface area (Å²) in [5.74, 6) is -1.17. The summed E-state index contributed by atoms with van der Waals surface area (Å²) < 4.78 is 17.6. The summed E-state index contributed by atoms with van der Waals surface area (Å²) in [4.78, 5) is 24.0. The van der Waals surface area contributed by atoms with Crippen LogP contribution in [0, 0.1) is 5.82 Å². The van der Waals surface area contributed by atoms with Crippen LogP contribution in [0.15, 0.2) is 54.6 Å². The summed E-state index contributed by atoms with van der Waals surface area (Å²) in [5.41, 5.74) is 1.59. The van der Waals surface area contributed by atoms with Crippen molar-refractivity contribution in [2.75, 3.05) is 7.11 Å². The molecular weight excluding hydrogens is 297 g/mol. The summed E-state index contributed by atoms with van der Waals surface area (Å²) in [6.45, 7) is 0. The highest BCUT2D eigenvalue weighted by molar-refractivity contribution is 5.85. The minimum Gasteiger partial charge on any atom is -0.467 e. The van der Waals surface area contributed by atoms with Crippen LogP contribution in [0.5, 0.6) is 0 Å². The van der Waals surface area contributed by atoms with E-state index >= 15 is 0 Å². The van der Waals surface area contributed by atoms with E-state index in [1.165, 1.54) is 19.2 Å². The van der Waals surface area contributed by atoms with Crippen LogP contribution >= 0.6 is 0 Å². The van der Waals surface area contributed by atoms with Crippen molar-refractivity contribution < 1.29 is 18.7 Å². The molecule has 0 spiro atoms. The van der Waals surface area contributed by atoms with Crippen molar-refractivity contribution in [3.05, 3.63) is 71.5 Å². The van der Waals surface area contributed by atoms with Gasteiger partial charge in [-0.1, -0.05) is 42.5 Å². The second-order valence-electron chi connectivity index (χ2n) is 5.14. The topological polar surface area (TPSA) is 55.4 Å². The maximum atomic E-state index is 12.9. The third-order valence-corrected chi connectivity index (χ3v) is 3.38. The Labute approximate surface area is 134 Å². The highest BCUT2D eigenvalue weighted by Crippen LogP contribution is 2.07. The molecule has 1 amide bonds. The molecule has 0 saturated heterocycles. The third-order valence-electron chi connectivity index (χ3n) is 3.38. The zero-order valence-corrected chi connectivity index (χ0v) is 12.8. The van der Waals surface area contributed by atoms with Crippen molar-refractivity contribution in [1.82, 2.24) is 5.32 Å². The van der Waals surface area contributed by atoms with Crippen LogP contribution in [0.2, 0.25) is 0 Å². The summed E-state index contributed by atoms with van der Waals surface area (Å²) >= 11 is 0. The predicted molar refractivity (Wildman–Crippen MR) is 84.2 cm³/mol. The minimum absolute atomic E-state index is 0.0720. The van der Waals surface area contributed by atoms with Gasteiger partial charge >= 0.3 is 5.97 Å². The summed E-state index contributed by atoms with van der Waals surface area (Å²) in [5, 5.41) is 2.67. The van der Waals surface area contributed by atoms with Crippen molar-refractivity contribution in [2.45, 2.75) is 18.9 Å². The first-order valence-electron chi connectivity index (χ1n) is 7.24. The summed E-state index contributed by atoms with van der Waals surface area (Å²) in [6.07, 6.45) is 0.422. The van der Waals surface area contributed by atoms with Gasteiger partial charge in [0.25, 0.3) is 0 Å². The Balaban J connectivity index is 2.00. The lowest BCUT2D eigenvalue weighted by molar-refractivity contribution is -0.145. The van der Waals surface area contributed by atoms with E-state index < -0.39 is 12.0 Å². The van der Waals surface area contributed by atoms with Gasteiger partial charge in [0.2, 0.25) is 5.91 Å². The fourth-order valence-corrected chi connectivity index (χ4v) is 2.22. The number of hydrogen-bond acceptors (Lipinski definition) is 3. The Morgan fingerprint density at radius 3 is 2.30 bits per heavy atom. The van der Waals surface area contributed by atoms with Crippen LogP contribution in [0.3, 0.4) is 0 Å². The number of carbonyl (C=O) groups is 2. The first-order chi connectivity index (χ1) is 11.1. The molecule has 23 heavy (non-hydrogen) atoms. The molecule has 120 valence electrons. The number of ether oxygens (including phenoxy) is 1. The SMILES string of the molecule is COC(=O)[C@@H](Cc1ccccc1)NC(=O)Cc1ccc(F)cc1. The Morgan fingerprint density at radius 2 is 1.70 bits per heavy atom. The van der Waals surface area contributed by atoms with Gasteiger partial charge in [-0.3, -0.25) is 4.79 Å². The lowest BCUT2D eigenvalue weighted by Gasteiger charge is -2.16. The molecule has 1 atom stereocenters. The average molecular weight is 315 g/mol. The molecule has 2 rings (SSSR count). The van der Waals surface area contributed by atoms with E-state index in [1.807, 2.05) is 30.3 Å². The summed E-state index contributed by atoms with van der Waals surface area (Å²) in [6, 6.07) is 14.3. The first-order valence-corrected chi connectivity index (χ1v) is 7.24. The zero-order valence-electron chi connectivity index (χ0n) is 12.8. The van der Waals surface area contributed by atoms with Crippen molar-refractivity contribution in [2.24, 2.45) is 0 Å². The molecule has 2 aromatic carbocycles. The van der Waals surface area contributed by atoms with E-state index in [2.05, 4.69) is 5.32 Å². The standard InChI is InChI=1S/C18H18FNO3/c1-23-18(22)16(11-13-5-3-2-4-6-13)20-17(21)12-14-7-9-15(19)10-8-14/h2-10,16H,11-12H2,1H3,(H,20,21)/t16-/m1/s1. The number of rotatable bonds is 6. The maximum Gasteiger partial charge on any atom is 0.328 e. The smallest absolute Gasteiger partial charge is 0.328 e. The van der Waals surface area contributed by atoms with Gasteiger partial charge in [-0.25, -0.2) is 9.18 Å². The number of benzene rings is 2. The predicted octanol–water partition coefficient (Wildman–Crippen LogP) is 2.27. The van der Waals surface area contributed by atoms with Gasteiger partial charge in [0.15, 0.2) is 0 Å². The van der Waals surface area contributed by atoms with Crippen LogP contribution in [-0.2, 0) is 27.2 Å². The molecule has 1 N–H and O–H groups in total. The van der Waals surface area contributed by atoms with Crippen LogP contribution in [0.1, 0.15) is 11.1 Å². The minimum atomic E-state index is -0.754. The van der Waals surface area contributed by atoms with E-state index in [9.17, 15) is 14.0 Å². The van der Waals surface area contributed by atoms with Crippen molar-refractivity contribution >= 4 is 11.9 Å². The number of nitrogens with one attached hydrogen (secondary N) is 1. The monoisotopic (exact) mass is 315 g/mol. The Bertz CT molecular complexity index is 656. The molecule has 4 nitrogen and oxygen atoms in total. The largest absolute Gasteiger partial charge is 0.467 e. The molecule has 0 heterocycles.